The molecule has 0 bridgehead atoms. The summed E-state index contributed by atoms with van der Waals surface area (Å²) in [6, 6.07) is 8.16. The van der Waals surface area contributed by atoms with Gasteiger partial charge in [0.1, 0.15) is 0 Å². The molecule has 0 aliphatic rings. The van der Waals surface area contributed by atoms with Crippen LogP contribution in [-0.2, 0) is 16.1 Å². The predicted molar refractivity (Wildman–Crippen MR) is 79.3 cm³/mol. The smallest absolute Gasteiger partial charge is 0.207 e. The minimum absolute atomic E-state index is 0.581. The maximum atomic E-state index is 5.25. The summed E-state index contributed by atoms with van der Waals surface area (Å²) < 4.78 is 12.3. The molecule has 5 nitrogen and oxygen atoms in total. The topological polar surface area (TPSA) is 48.3 Å². The zero-order chi connectivity index (χ0) is 14.2. The standard InChI is InChI=1S/C15H21N3O2/c1-19-11-5-8-16-15-17-9-10-18(15)14-7-4-3-6-13(14)12-20-2/h3-4,6-7,9-10H,5,8,11-12H2,1-2H3,(H,16,17). The lowest BCUT2D eigenvalue weighted by Crippen LogP contribution is -2.10. The summed E-state index contributed by atoms with van der Waals surface area (Å²) in [6.07, 6.45) is 4.69. The van der Waals surface area contributed by atoms with Crippen molar-refractivity contribution >= 4 is 5.95 Å². The number of methoxy groups -OCH3 is 2. The minimum Gasteiger partial charge on any atom is -0.385 e. The summed E-state index contributed by atoms with van der Waals surface area (Å²) in [7, 11) is 3.41. The molecule has 2 aromatic rings. The highest BCUT2D eigenvalue weighted by atomic mass is 16.5. The SMILES string of the molecule is COCCCNc1nccn1-c1ccccc1COC. The number of para-hydroxylation sites is 1. The van der Waals surface area contributed by atoms with Crippen LogP contribution >= 0.6 is 0 Å². The molecular formula is C15H21N3O2. The Kier molecular flexibility index (Phi) is 5.58. The van der Waals surface area contributed by atoms with E-state index < -0.39 is 0 Å². The van der Waals surface area contributed by atoms with Crippen molar-refractivity contribution < 1.29 is 9.47 Å². The highest BCUT2D eigenvalue weighted by molar-refractivity contribution is 5.47. The van der Waals surface area contributed by atoms with Gasteiger partial charge in [0, 0.05) is 45.3 Å². The maximum Gasteiger partial charge on any atom is 0.207 e. The second-order valence-corrected chi connectivity index (χ2v) is 4.46. The summed E-state index contributed by atoms with van der Waals surface area (Å²) in [5.41, 5.74) is 2.22. The van der Waals surface area contributed by atoms with Gasteiger partial charge in [0.05, 0.1) is 12.3 Å². The number of ether oxygens (including phenoxy) is 2. The van der Waals surface area contributed by atoms with Gasteiger partial charge in [0.2, 0.25) is 5.95 Å². The summed E-state index contributed by atoms with van der Waals surface area (Å²) in [5, 5.41) is 3.33. The van der Waals surface area contributed by atoms with Gasteiger partial charge >= 0.3 is 0 Å². The normalized spacial score (nSPS) is 10.7. The van der Waals surface area contributed by atoms with E-state index >= 15 is 0 Å². The molecular weight excluding hydrogens is 254 g/mol. The van der Waals surface area contributed by atoms with Crippen molar-refractivity contribution in [3.63, 3.8) is 0 Å². The Balaban J connectivity index is 2.15. The van der Waals surface area contributed by atoms with E-state index in [1.165, 1.54) is 0 Å². The van der Waals surface area contributed by atoms with Crippen LogP contribution in [-0.4, -0.2) is 36.9 Å². The van der Waals surface area contributed by atoms with Crippen molar-refractivity contribution in [2.75, 3.05) is 32.7 Å². The Morgan fingerprint density at radius 1 is 1.20 bits per heavy atom. The fourth-order valence-electron chi connectivity index (χ4n) is 2.07. The fourth-order valence-corrected chi connectivity index (χ4v) is 2.07. The Hall–Kier alpha value is -1.85. The molecule has 0 unspecified atom stereocenters. The summed E-state index contributed by atoms with van der Waals surface area (Å²) in [4.78, 5) is 4.36. The van der Waals surface area contributed by atoms with Crippen LogP contribution in [0, 0.1) is 0 Å². The molecule has 0 amide bonds. The summed E-state index contributed by atoms with van der Waals surface area (Å²) >= 11 is 0. The zero-order valence-electron chi connectivity index (χ0n) is 12.0. The number of aromatic nitrogens is 2. The van der Waals surface area contributed by atoms with E-state index in [0.29, 0.717) is 6.61 Å². The second kappa shape index (κ2) is 7.67. The Morgan fingerprint density at radius 2 is 2.05 bits per heavy atom. The molecule has 5 heteroatoms. The highest BCUT2D eigenvalue weighted by Gasteiger charge is 2.08. The Bertz CT molecular complexity index is 525. The molecule has 0 fully saturated rings. The summed E-state index contributed by atoms with van der Waals surface area (Å²) in [6.45, 7) is 2.16. The van der Waals surface area contributed by atoms with E-state index in [-0.39, 0.29) is 0 Å². The first-order valence-electron chi connectivity index (χ1n) is 6.70. The van der Waals surface area contributed by atoms with Crippen molar-refractivity contribution in [3.05, 3.63) is 42.2 Å². The predicted octanol–water partition coefficient (Wildman–Crippen LogP) is 2.47. The van der Waals surface area contributed by atoms with Crippen LogP contribution in [0.4, 0.5) is 5.95 Å². The number of nitrogens with one attached hydrogen (secondary N) is 1. The van der Waals surface area contributed by atoms with Gasteiger partial charge in [-0.25, -0.2) is 4.98 Å². The number of benzene rings is 1. The fraction of sp³-hybridized carbons (Fsp3) is 0.400. The van der Waals surface area contributed by atoms with Gasteiger partial charge in [0.25, 0.3) is 0 Å². The van der Waals surface area contributed by atoms with Gasteiger partial charge in [-0.1, -0.05) is 18.2 Å². The lowest BCUT2D eigenvalue weighted by atomic mass is 10.2. The van der Waals surface area contributed by atoms with Crippen molar-refractivity contribution in [2.45, 2.75) is 13.0 Å². The average Bonchev–Trinajstić information content (AvgIpc) is 2.93. The van der Waals surface area contributed by atoms with E-state index in [4.69, 9.17) is 9.47 Å². The molecule has 0 aliphatic carbocycles. The number of rotatable bonds is 8. The molecule has 0 spiro atoms. The monoisotopic (exact) mass is 275 g/mol. The van der Waals surface area contributed by atoms with Crippen molar-refractivity contribution in [2.24, 2.45) is 0 Å². The third-order valence-corrected chi connectivity index (χ3v) is 3.00. The Morgan fingerprint density at radius 3 is 2.85 bits per heavy atom. The number of imidazole rings is 1. The third-order valence-electron chi connectivity index (χ3n) is 3.00. The molecule has 0 atom stereocenters. The van der Waals surface area contributed by atoms with Gasteiger partial charge in [-0.3, -0.25) is 4.57 Å². The molecule has 108 valence electrons. The second-order valence-electron chi connectivity index (χ2n) is 4.46. The Labute approximate surface area is 119 Å². The van der Waals surface area contributed by atoms with Crippen molar-refractivity contribution in [3.8, 4) is 5.69 Å². The third kappa shape index (κ3) is 3.59. The van der Waals surface area contributed by atoms with E-state index in [1.54, 1.807) is 20.4 Å². The first kappa shape index (κ1) is 14.6. The van der Waals surface area contributed by atoms with Crippen LogP contribution in [0.1, 0.15) is 12.0 Å². The van der Waals surface area contributed by atoms with Crippen molar-refractivity contribution in [1.82, 2.24) is 9.55 Å². The van der Waals surface area contributed by atoms with Gasteiger partial charge in [-0.15, -0.1) is 0 Å². The van der Waals surface area contributed by atoms with E-state index in [2.05, 4.69) is 22.4 Å². The number of hydrogen-bond donors (Lipinski definition) is 1. The first-order chi connectivity index (χ1) is 9.86. The van der Waals surface area contributed by atoms with Crippen LogP contribution in [0.5, 0.6) is 0 Å². The quantitative estimate of drug-likeness (QED) is 0.752. The maximum absolute atomic E-state index is 5.25. The van der Waals surface area contributed by atoms with E-state index in [9.17, 15) is 0 Å². The van der Waals surface area contributed by atoms with Crippen LogP contribution < -0.4 is 5.32 Å². The van der Waals surface area contributed by atoms with Crippen LogP contribution in [0.25, 0.3) is 5.69 Å². The molecule has 1 aromatic carbocycles. The van der Waals surface area contributed by atoms with E-state index in [0.717, 1.165) is 36.8 Å². The first-order valence-corrected chi connectivity index (χ1v) is 6.70. The highest BCUT2D eigenvalue weighted by Crippen LogP contribution is 2.19. The average molecular weight is 275 g/mol. The number of nitrogens with zero attached hydrogens (tertiary/aromatic N) is 2. The van der Waals surface area contributed by atoms with Crippen molar-refractivity contribution in [1.29, 1.82) is 0 Å². The lowest BCUT2D eigenvalue weighted by molar-refractivity contribution is 0.185. The van der Waals surface area contributed by atoms with Gasteiger partial charge in [-0.2, -0.15) is 0 Å². The molecule has 0 saturated heterocycles. The molecule has 20 heavy (non-hydrogen) atoms. The summed E-state index contributed by atoms with van der Waals surface area (Å²) in [5.74, 6) is 0.838. The van der Waals surface area contributed by atoms with Crippen LogP contribution in [0.15, 0.2) is 36.7 Å². The molecule has 0 aliphatic heterocycles. The molecule has 1 aromatic heterocycles. The molecule has 1 heterocycles. The number of hydrogen-bond acceptors (Lipinski definition) is 4. The van der Waals surface area contributed by atoms with Crippen LogP contribution in [0.3, 0.4) is 0 Å². The lowest BCUT2D eigenvalue weighted by Gasteiger charge is -2.13. The van der Waals surface area contributed by atoms with Gasteiger partial charge < -0.3 is 14.8 Å². The number of anilines is 1. The minimum atomic E-state index is 0.581. The van der Waals surface area contributed by atoms with E-state index in [1.807, 2.05) is 22.9 Å². The van der Waals surface area contributed by atoms with Gasteiger partial charge in [-0.05, 0) is 12.5 Å². The zero-order valence-corrected chi connectivity index (χ0v) is 12.0. The molecule has 1 N–H and O–H groups in total. The molecule has 0 saturated carbocycles. The molecule has 0 radical (unpaired) electrons. The van der Waals surface area contributed by atoms with Crippen LogP contribution in [0.2, 0.25) is 0 Å². The largest absolute Gasteiger partial charge is 0.385 e. The molecule has 2 rings (SSSR count). The van der Waals surface area contributed by atoms with Gasteiger partial charge in [0.15, 0.2) is 0 Å².